The summed E-state index contributed by atoms with van der Waals surface area (Å²) in [6.07, 6.45) is 0. The van der Waals surface area contributed by atoms with Crippen molar-refractivity contribution in [2.45, 2.75) is 26.9 Å². The van der Waals surface area contributed by atoms with E-state index in [0.717, 1.165) is 30.2 Å². The lowest BCUT2D eigenvalue weighted by atomic mass is 9.84. The van der Waals surface area contributed by atoms with E-state index in [1.165, 1.54) is 44.7 Å². The quantitative estimate of drug-likeness (QED) is 0.302. The molecular weight excluding hydrogens is 430 g/mol. The molecule has 1 aliphatic rings. The number of methoxy groups -OCH3 is 2. The van der Waals surface area contributed by atoms with E-state index in [-0.39, 0.29) is 0 Å². The molecule has 0 saturated carbocycles. The summed E-state index contributed by atoms with van der Waals surface area (Å²) in [4.78, 5) is 2.51. The van der Waals surface area contributed by atoms with Crippen LogP contribution < -0.4 is 9.47 Å². The number of hydrogen-bond donors (Lipinski definition) is 0. The zero-order valence-corrected chi connectivity index (χ0v) is 20.8. The Morgan fingerprint density at radius 2 is 1.49 bits per heavy atom. The van der Waals surface area contributed by atoms with Crippen molar-refractivity contribution in [3.8, 4) is 11.5 Å². The monoisotopic (exact) mass is 461 g/mol. The molecule has 0 N–H and O–H groups in total. The first kappa shape index (κ1) is 22.8. The van der Waals surface area contributed by atoms with Crippen LogP contribution in [0.3, 0.4) is 0 Å². The number of nitrogens with zero attached hydrogens (tertiary/aromatic N) is 1. The van der Waals surface area contributed by atoms with Crippen LogP contribution in [0.2, 0.25) is 0 Å². The molecule has 0 radical (unpaired) electrons. The van der Waals surface area contributed by atoms with Crippen molar-refractivity contribution in [1.29, 1.82) is 0 Å². The van der Waals surface area contributed by atoms with Crippen LogP contribution in [-0.4, -0.2) is 19.1 Å². The minimum absolute atomic E-state index is 0.800. The third kappa shape index (κ3) is 4.54. The average molecular weight is 462 g/mol. The predicted octanol–water partition coefficient (Wildman–Crippen LogP) is 7.25. The topological polar surface area (TPSA) is 21.7 Å². The third-order valence-corrected chi connectivity index (χ3v) is 6.74. The van der Waals surface area contributed by atoms with Gasteiger partial charge in [-0.2, -0.15) is 0 Å². The van der Waals surface area contributed by atoms with Crippen LogP contribution >= 0.6 is 0 Å². The Morgan fingerprint density at radius 1 is 0.714 bits per heavy atom. The molecule has 3 nitrogen and oxygen atoms in total. The van der Waals surface area contributed by atoms with E-state index in [2.05, 4.69) is 91.5 Å². The van der Waals surface area contributed by atoms with Crippen LogP contribution in [0.4, 0.5) is 0 Å². The smallest absolute Gasteiger partial charge is 0.119 e. The summed E-state index contributed by atoms with van der Waals surface area (Å²) in [6, 6.07) is 32.3. The highest BCUT2D eigenvalue weighted by atomic mass is 16.5. The van der Waals surface area contributed by atoms with Crippen LogP contribution in [0, 0.1) is 13.8 Å². The molecule has 3 heteroatoms. The summed E-state index contributed by atoms with van der Waals surface area (Å²) in [5.41, 5.74) is 11.3. The zero-order valence-electron chi connectivity index (χ0n) is 20.8. The maximum atomic E-state index is 5.62. The average Bonchev–Trinajstić information content (AvgIpc) is 2.89. The van der Waals surface area contributed by atoms with Gasteiger partial charge < -0.3 is 14.4 Å². The van der Waals surface area contributed by atoms with Gasteiger partial charge in [-0.1, -0.05) is 72.3 Å². The second-order valence-corrected chi connectivity index (χ2v) is 9.14. The van der Waals surface area contributed by atoms with Crippen molar-refractivity contribution in [2.24, 2.45) is 0 Å². The van der Waals surface area contributed by atoms with E-state index >= 15 is 0 Å². The number of aryl methyl sites for hydroxylation is 2. The highest BCUT2D eigenvalue weighted by Gasteiger charge is 2.28. The molecule has 1 heterocycles. The fourth-order valence-electron chi connectivity index (χ4n) is 4.93. The first-order valence-electron chi connectivity index (χ1n) is 12.0. The molecule has 0 amide bonds. The summed E-state index contributed by atoms with van der Waals surface area (Å²) in [7, 11) is 3.43. The van der Waals surface area contributed by atoms with Gasteiger partial charge in [-0.15, -0.1) is 0 Å². The second-order valence-electron chi connectivity index (χ2n) is 9.14. The Bertz CT molecular complexity index is 1390. The Morgan fingerprint density at radius 3 is 2.23 bits per heavy atom. The first-order valence-corrected chi connectivity index (χ1v) is 12.0. The van der Waals surface area contributed by atoms with Crippen LogP contribution in [-0.2, 0) is 13.1 Å². The number of ether oxygens (including phenoxy) is 2. The molecule has 1 aliphatic heterocycles. The van der Waals surface area contributed by atoms with Crippen molar-refractivity contribution < 1.29 is 9.47 Å². The Labute approximate surface area is 208 Å². The van der Waals surface area contributed by atoms with E-state index < -0.39 is 0 Å². The van der Waals surface area contributed by atoms with Crippen LogP contribution in [0.25, 0.3) is 11.3 Å². The van der Waals surface area contributed by atoms with Gasteiger partial charge in [0, 0.05) is 24.2 Å². The standard InChI is InChI=1S/C32H31NO2/c1-22-12-15-26-21-33(20-24-13-16-27(34-3)17-14-24)32(29-11-6-5-8-23(29)2)31(30(26)18-22)25-9-7-10-28(19-25)35-4/h5-19H,20-21H2,1-4H3. The summed E-state index contributed by atoms with van der Waals surface area (Å²) in [5, 5.41) is 0. The maximum Gasteiger partial charge on any atom is 0.119 e. The molecule has 5 rings (SSSR count). The normalized spacial score (nSPS) is 13.0. The van der Waals surface area contributed by atoms with Gasteiger partial charge in [0.25, 0.3) is 0 Å². The van der Waals surface area contributed by atoms with E-state index in [1.54, 1.807) is 14.2 Å². The summed E-state index contributed by atoms with van der Waals surface area (Å²) < 4.78 is 11.0. The molecule has 0 atom stereocenters. The van der Waals surface area contributed by atoms with Gasteiger partial charge in [0.1, 0.15) is 11.5 Å². The Balaban J connectivity index is 1.77. The van der Waals surface area contributed by atoms with Gasteiger partial charge >= 0.3 is 0 Å². The third-order valence-electron chi connectivity index (χ3n) is 6.74. The van der Waals surface area contributed by atoms with E-state index in [9.17, 15) is 0 Å². The Hall–Kier alpha value is -3.98. The molecule has 176 valence electrons. The lowest BCUT2D eigenvalue weighted by molar-refractivity contribution is 0.379. The molecule has 0 fully saturated rings. The second kappa shape index (κ2) is 9.71. The molecule has 0 aliphatic carbocycles. The molecule has 0 bridgehead atoms. The Kier molecular flexibility index (Phi) is 6.33. The van der Waals surface area contributed by atoms with E-state index in [4.69, 9.17) is 9.47 Å². The molecule has 0 saturated heterocycles. The van der Waals surface area contributed by atoms with Gasteiger partial charge in [-0.3, -0.25) is 0 Å². The zero-order chi connectivity index (χ0) is 24.4. The van der Waals surface area contributed by atoms with Crippen molar-refractivity contribution >= 4 is 11.3 Å². The molecular formula is C32H31NO2. The highest BCUT2D eigenvalue weighted by Crippen LogP contribution is 2.43. The van der Waals surface area contributed by atoms with Crippen molar-refractivity contribution in [2.75, 3.05) is 14.2 Å². The molecule has 0 spiro atoms. The van der Waals surface area contributed by atoms with Gasteiger partial charge in [-0.25, -0.2) is 0 Å². The highest BCUT2D eigenvalue weighted by molar-refractivity contribution is 6.00. The minimum atomic E-state index is 0.800. The summed E-state index contributed by atoms with van der Waals surface area (Å²) in [6.45, 7) is 6.01. The first-order chi connectivity index (χ1) is 17.1. The van der Waals surface area contributed by atoms with E-state index in [1.807, 2.05) is 18.2 Å². The van der Waals surface area contributed by atoms with Gasteiger partial charge in [-0.05, 0) is 65.9 Å². The number of rotatable bonds is 6. The van der Waals surface area contributed by atoms with Crippen LogP contribution in [0.1, 0.15) is 38.9 Å². The van der Waals surface area contributed by atoms with Crippen molar-refractivity contribution in [1.82, 2.24) is 4.90 Å². The van der Waals surface area contributed by atoms with Gasteiger partial charge in [0.05, 0.1) is 19.9 Å². The minimum Gasteiger partial charge on any atom is -0.497 e. The van der Waals surface area contributed by atoms with Gasteiger partial charge in [0.15, 0.2) is 0 Å². The summed E-state index contributed by atoms with van der Waals surface area (Å²) in [5.74, 6) is 1.74. The number of benzene rings is 4. The van der Waals surface area contributed by atoms with Gasteiger partial charge in [0.2, 0.25) is 0 Å². The largest absolute Gasteiger partial charge is 0.497 e. The van der Waals surface area contributed by atoms with Crippen molar-refractivity contribution in [3.63, 3.8) is 0 Å². The lowest BCUT2D eigenvalue weighted by Crippen LogP contribution is -2.27. The molecule has 35 heavy (non-hydrogen) atoms. The molecule has 0 unspecified atom stereocenters. The van der Waals surface area contributed by atoms with E-state index in [0.29, 0.717) is 0 Å². The predicted molar refractivity (Wildman–Crippen MR) is 144 cm³/mol. The van der Waals surface area contributed by atoms with Crippen molar-refractivity contribution in [3.05, 3.63) is 130 Å². The fraction of sp³-hybridized carbons (Fsp3) is 0.188. The molecule has 0 aromatic heterocycles. The lowest BCUT2D eigenvalue weighted by Gasteiger charge is -2.37. The SMILES string of the molecule is COc1ccc(CN2Cc3ccc(C)cc3C(c3cccc(OC)c3)=C2c2ccccc2C)cc1. The number of fused-ring (bicyclic) bond motifs is 1. The maximum absolute atomic E-state index is 5.62. The fourth-order valence-corrected chi connectivity index (χ4v) is 4.93. The molecule has 4 aromatic rings. The van der Waals surface area contributed by atoms with Crippen LogP contribution in [0.5, 0.6) is 11.5 Å². The summed E-state index contributed by atoms with van der Waals surface area (Å²) >= 11 is 0. The number of hydrogen-bond acceptors (Lipinski definition) is 3. The molecule has 4 aromatic carbocycles. The van der Waals surface area contributed by atoms with Crippen LogP contribution in [0.15, 0.2) is 91.0 Å².